The molecule has 0 spiro atoms. The third-order valence-electron chi connectivity index (χ3n) is 2.76. The summed E-state index contributed by atoms with van der Waals surface area (Å²) >= 11 is 0. The van der Waals surface area contributed by atoms with E-state index in [0.29, 0.717) is 11.7 Å². The summed E-state index contributed by atoms with van der Waals surface area (Å²) in [5.41, 5.74) is 5.90. The van der Waals surface area contributed by atoms with Crippen molar-refractivity contribution in [1.82, 2.24) is 10.1 Å². The summed E-state index contributed by atoms with van der Waals surface area (Å²) in [7, 11) is 0. The fourth-order valence-corrected chi connectivity index (χ4v) is 1.35. The molecular formula is C11H18F3N3O2. The zero-order valence-corrected chi connectivity index (χ0v) is 10.9. The number of halogens is 3. The van der Waals surface area contributed by atoms with Gasteiger partial charge < -0.3 is 15.0 Å². The van der Waals surface area contributed by atoms with Gasteiger partial charge in [-0.05, 0) is 5.92 Å². The molecule has 2 atom stereocenters. The molecule has 8 heteroatoms. The van der Waals surface area contributed by atoms with Crippen LogP contribution in [0, 0.1) is 5.92 Å². The van der Waals surface area contributed by atoms with Crippen LogP contribution in [0.15, 0.2) is 4.52 Å². The largest absolute Gasteiger partial charge is 0.411 e. The van der Waals surface area contributed by atoms with Gasteiger partial charge in [-0.2, -0.15) is 18.2 Å². The van der Waals surface area contributed by atoms with Gasteiger partial charge in [-0.1, -0.05) is 25.4 Å². The molecule has 110 valence electrons. The van der Waals surface area contributed by atoms with Crippen molar-refractivity contribution in [2.24, 2.45) is 11.7 Å². The van der Waals surface area contributed by atoms with Gasteiger partial charge in [-0.25, -0.2) is 0 Å². The highest BCUT2D eigenvalue weighted by Crippen LogP contribution is 2.20. The number of rotatable bonds is 7. The lowest BCUT2D eigenvalue weighted by molar-refractivity contribution is -0.173. The highest BCUT2D eigenvalue weighted by Gasteiger charge is 2.27. The second-order valence-electron chi connectivity index (χ2n) is 4.38. The number of nitrogens with zero attached hydrogens (tertiary/aromatic N) is 2. The molecular weight excluding hydrogens is 263 g/mol. The van der Waals surface area contributed by atoms with Gasteiger partial charge in [-0.15, -0.1) is 0 Å². The molecule has 0 saturated heterocycles. The molecule has 19 heavy (non-hydrogen) atoms. The Morgan fingerprint density at radius 3 is 2.68 bits per heavy atom. The van der Waals surface area contributed by atoms with E-state index in [0.717, 1.165) is 6.42 Å². The Labute approximate surface area is 109 Å². The maximum Gasteiger partial charge on any atom is 0.411 e. The van der Waals surface area contributed by atoms with Crippen LogP contribution in [0.4, 0.5) is 13.2 Å². The number of hydrogen-bond donors (Lipinski definition) is 1. The molecule has 0 aromatic carbocycles. The maximum absolute atomic E-state index is 11.8. The van der Waals surface area contributed by atoms with E-state index in [2.05, 4.69) is 14.9 Å². The zero-order valence-electron chi connectivity index (χ0n) is 10.9. The van der Waals surface area contributed by atoms with Crippen LogP contribution < -0.4 is 5.73 Å². The van der Waals surface area contributed by atoms with Crippen LogP contribution in [-0.4, -0.2) is 29.5 Å². The monoisotopic (exact) mass is 281 g/mol. The molecule has 2 N–H and O–H groups in total. The van der Waals surface area contributed by atoms with Crippen LogP contribution in [0.25, 0.3) is 0 Å². The summed E-state index contributed by atoms with van der Waals surface area (Å²) in [5, 5.41) is 3.66. The average molecular weight is 281 g/mol. The fourth-order valence-electron chi connectivity index (χ4n) is 1.35. The van der Waals surface area contributed by atoms with E-state index in [1.54, 1.807) is 0 Å². The Bertz CT molecular complexity index is 382. The van der Waals surface area contributed by atoms with Crippen LogP contribution in [0.1, 0.15) is 38.0 Å². The van der Waals surface area contributed by atoms with E-state index < -0.39 is 12.8 Å². The highest BCUT2D eigenvalue weighted by molar-refractivity contribution is 4.93. The number of hydrogen-bond acceptors (Lipinski definition) is 5. The van der Waals surface area contributed by atoms with Crippen molar-refractivity contribution < 1.29 is 22.4 Å². The molecule has 0 aliphatic carbocycles. The molecule has 0 saturated carbocycles. The second-order valence-corrected chi connectivity index (χ2v) is 4.38. The van der Waals surface area contributed by atoms with Crippen molar-refractivity contribution in [1.29, 1.82) is 0 Å². The van der Waals surface area contributed by atoms with Gasteiger partial charge in [0.1, 0.15) is 6.61 Å². The molecule has 5 nitrogen and oxygen atoms in total. The van der Waals surface area contributed by atoms with Gasteiger partial charge in [0.15, 0.2) is 5.82 Å². The van der Waals surface area contributed by atoms with E-state index in [1.807, 2.05) is 13.8 Å². The third kappa shape index (κ3) is 5.56. The van der Waals surface area contributed by atoms with Crippen LogP contribution >= 0.6 is 0 Å². The van der Waals surface area contributed by atoms with Crippen molar-refractivity contribution in [3.63, 3.8) is 0 Å². The van der Waals surface area contributed by atoms with Crippen molar-refractivity contribution in [2.75, 3.05) is 13.2 Å². The summed E-state index contributed by atoms with van der Waals surface area (Å²) < 4.78 is 44.9. The molecule has 0 aliphatic rings. The molecule has 0 amide bonds. The smallest absolute Gasteiger partial charge is 0.372 e. The first-order chi connectivity index (χ1) is 8.83. The lowest BCUT2D eigenvalue weighted by Crippen LogP contribution is -2.19. The number of alkyl halides is 3. The summed E-state index contributed by atoms with van der Waals surface area (Å²) in [6.07, 6.45) is -3.29. The van der Waals surface area contributed by atoms with E-state index in [9.17, 15) is 13.2 Å². The maximum atomic E-state index is 11.8. The Kier molecular flexibility index (Phi) is 5.74. The minimum atomic E-state index is -4.32. The van der Waals surface area contributed by atoms with E-state index in [-0.39, 0.29) is 25.0 Å². The first kappa shape index (κ1) is 15.9. The standard InChI is InChI=1S/C11H18F3N3O2/c1-3-7(2)9(15)10-16-8(17-19-10)4-5-18-6-11(12,13)14/h7,9H,3-6,15H2,1-2H3. The van der Waals surface area contributed by atoms with Gasteiger partial charge in [0, 0.05) is 6.42 Å². The Hall–Kier alpha value is -1.15. The summed E-state index contributed by atoms with van der Waals surface area (Å²) in [6, 6.07) is -0.359. The van der Waals surface area contributed by atoms with E-state index in [1.165, 1.54) is 0 Å². The van der Waals surface area contributed by atoms with Crippen molar-refractivity contribution in [3.8, 4) is 0 Å². The first-order valence-electron chi connectivity index (χ1n) is 6.06. The van der Waals surface area contributed by atoms with E-state index in [4.69, 9.17) is 10.3 Å². The molecule has 0 aliphatic heterocycles. The molecule has 0 fully saturated rings. The van der Waals surface area contributed by atoms with Gasteiger partial charge in [0.2, 0.25) is 5.89 Å². The highest BCUT2D eigenvalue weighted by atomic mass is 19.4. The molecule has 1 aromatic rings. The minimum Gasteiger partial charge on any atom is -0.372 e. The molecule has 0 bridgehead atoms. The molecule has 0 radical (unpaired) electrons. The number of ether oxygens (including phenoxy) is 1. The summed E-state index contributed by atoms with van der Waals surface area (Å²) in [6.45, 7) is 2.56. The summed E-state index contributed by atoms with van der Waals surface area (Å²) in [4.78, 5) is 4.05. The quantitative estimate of drug-likeness (QED) is 0.776. The Morgan fingerprint density at radius 1 is 1.42 bits per heavy atom. The van der Waals surface area contributed by atoms with Crippen molar-refractivity contribution in [2.45, 2.75) is 38.9 Å². The number of nitrogens with two attached hydrogens (primary N) is 1. The average Bonchev–Trinajstić information content (AvgIpc) is 2.80. The molecule has 2 unspecified atom stereocenters. The minimum absolute atomic E-state index is 0.114. The Balaban J connectivity index is 2.39. The van der Waals surface area contributed by atoms with Gasteiger partial charge in [0.05, 0.1) is 12.6 Å². The van der Waals surface area contributed by atoms with Crippen molar-refractivity contribution >= 4 is 0 Å². The summed E-state index contributed by atoms with van der Waals surface area (Å²) in [5.74, 6) is 0.797. The zero-order chi connectivity index (χ0) is 14.5. The molecule has 1 rings (SSSR count). The Morgan fingerprint density at radius 2 is 2.11 bits per heavy atom. The predicted molar refractivity (Wildman–Crippen MR) is 61.3 cm³/mol. The van der Waals surface area contributed by atoms with Gasteiger partial charge >= 0.3 is 6.18 Å². The third-order valence-corrected chi connectivity index (χ3v) is 2.76. The second kappa shape index (κ2) is 6.85. The first-order valence-corrected chi connectivity index (χ1v) is 6.06. The van der Waals surface area contributed by atoms with Gasteiger partial charge in [0.25, 0.3) is 0 Å². The molecule has 1 aromatic heterocycles. The SMILES string of the molecule is CCC(C)C(N)c1nc(CCOCC(F)(F)F)no1. The normalized spacial score (nSPS) is 15.5. The predicted octanol–water partition coefficient (Wildman–Crippen LogP) is 2.24. The van der Waals surface area contributed by atoms with E-state index >= 15 is 0 Å². The van der Waals surface area contributed by atoms with Crippen LogP contribution in [0.3, 0.4) is 0 Å². The molecule has 1 heterocycles. The fraction of sp³-hybridized carbons (Fsp3) is 0.818. The lowest BCUT2D eigenvalue weighted by atomic mass is 10.0. The van der Waals surface area contributed by atoms with Crippen LogP contribution in [0.5, 0.6) is 0 Å². The topological polar surface area (TPSA) is 74.2 Å². The van der Waals surface area contributed by atoms with Crippen molar-refractivity contribution in [3.05, 3.63) is 11.7 Å². The van der Waals surface area contributed by atoms with Gasteiger partial charge in [-0.3, -0.25) is 0 Å². The van der Waals surface area contributed by atoms with Crippen LogP contribution in [-0.2, 0) is 11.2 Å². The van der Waals surface area contributed by atoms with Crippen LogP contribution in [0.2, 0.25) is 0 Å². The number of aromatic nitrogens is 2. The lowest BCUT2D eigenvalue weighted by Gasteiger charge is -2.12.